The topological polar surface area (TPSA) is 66.0 Å². The number of aromatic nitrogens is 3. The van der Waals surface area contributed by atoms with Gasteiger partial charge in [-0.15, -0.1) is 0 Å². The molecular formula is C21H20N4O. The number of pyridine rings is 2. The minimum Gasteiger partial charge on any atom is -0.474 e. The summed E-state index contributed by atoms with van der Waals surface area (Å²) in [6.45, 7) is 0. The summed E-state index contributed by atoms with van der Waals surface area (Å²) >= 11 is 0. The number of ether oxygens (including phenoxy) is 1. The first-order valence-electron chi connectivity index (χ1n) is 8.90. The number of nitrogens with zero attached hydrogens (tertiary/aromatic N) is 3. The molecule has 0 bridgehead atoms. The summed E-state index contributed by atoms with van der Waals surface area (Å²) in [6, 6.07) is 12.8. The molecule has 5 heteroatoms. The van der Waals surface area contributed by atoms with Crippen LogP contribution in [-0.4, -0.2) is 26.7 Å². The predicted octanol–water partition coefficient (Wildman–Crippen LogP) is 3.66. The number of hydrogen-bond acceptors (Lipinski definition) is 4. The van der Waals surface area contributed by atoms with Crippen molar-refractivity contribution >= 4 is 21.8 Å². The second-order valence-electron chi connectivity index (χ2n) is 7.04. The zero-order valence-corrected chi connectivity index (χ0v) is 14.6. The fourth-order valence-electron chi connectivity index (χ4n) is 3.73. The van der Waals surface area contributed by atoms with Crippen LogP contribution in [0.25, 0.3) is 32.9 Å². The average Bonchev–Trinajstić information content (AvgIpc) is 2.94. The van der Waals surface area contributed by atoms with Crippen LogP contribution >= 0.6 is 0 Å². The Hall–Kier alpha value is -2.92. The van der Waals surface area contributed by atoms with Crippen molar-refractivity contribution in [2.45, 2.75) is 25.0 Å². The van der Waals surface area contributed by atoms with Crippen molar-refractivity contribution in [3.8, 4) is 17.0 Å². The Morgan fingerprint density at radius 1 is 1.00 bits per heavy atom. The molecule has 1 saturated carbocycles. The Labute approximate surface area is 151 Å². The van der Waals surface area contributed by atoms with Gasteiger partial charge in [0.1, 0.15) is 6.10 Å². The lowest BCUT2D eigenvalue weighted by atomic mass is 9.90. The number of hydrogen-bond donors (Lipinski definition) is 1. The molecule has 0 radical (unpaired) electrons. The van der Waals surface area contributed by atoms with E-state index in [0.717, 1.165) is 24.0 Å². The molecule has 5 rings (SSSR count). The molecule has 0 aliphatic heterocycles. The molecule has 3 aromatic heterocycles. The predicted molar refractivity (Wildman–Crippen MR) is 103 cm³/mol. The number of nitrogens with two attached hydrogens (primary N) is 1. The van der Waals surface area contributed by atoms with E-state index in [9.17, 15) is 0 Å². The molecule has 4 aromatic rings. The molecule has 1 aliphatic carbocycles. The zero-order chi connectivity index (χ0) is 17.7. The highest BCUT2D eigenvalue weighted by Crippen LogP contribution is 2.31. The molecule has 1 aromatic carbocycles. The van der Waals surface area contributed by atoms with Crippen LogP contribution in [0.15, 0.2) is 55.0 Å². The van der Waals surface area contributed by atoms with Crippen LogP contribution < -0.4 is 10.5 Å². The smallest absolute Gasteiger partial charge is 0.213 e. The van der Waals surface area contributed by atoms with Gasteiger partial charge >= 0.3 is 0 Å². The highest BCUT2D eigenvalue weighted by Gasteiger charge is 2.27. The van der Waals surface area contributed by atoms with E-state index in [-0.39, 0.29) is 12.1 Å². The molecule has 2 N–H and O–H groups in total. The van der Waals surface area contributed by atoms with Gasteiger partial charge < -0.3 is 15.0 Å². The van der Waals surface area contributed by atoms with Gasteiger partial charge in [0.15, 0.2) is 0 Å². The molecule has 1 aliphatic rings. The standard InChI is InChI=1S/C21H20N4O/c1-25-19-6-7-23-12-18(19)17-4-2-13(8-20(17)25)14-3-5-21(24-11-14)26-16-9-15(22)10-16/h2-8,11-12,15-16H,9-10,22H2,1H3. The molecule has 0 unspecified atom stereocenters. The minimum absolute atomic E-state index is 0.212. The van der Waals surface area contributed by atoms with Gasteiger partial charge in [-0.1, -0.05) is 12.1 Å². The molecule has 0 amide bonds. The van der Waals surface area contributed by atoms with Crippen molar-refractivity contribution in [2.75, 3.05) is 0 Å². The summed E-state index contributed by atoms with van der Waals surface area (Å²) in [7, 11) is 2.09. The lowest BCUT2D eigenvalue weighted by Gasteiger charge is -2.32. The molecule has 0 saturated heterocycles. The summed E-state index contributed by atoms with van der Waals surface area (Å²) < 4.78 is 8.05. The fourth-order valence-corrected chi connectivity index (χ4v) is 3.73. The van der Waals surface area contributed by atoms with Crippen molar-refractivity contribution in [2.24, 2.45) is 12.8 Å². The van der Waals surface area contributed by atoms with Crippen LogP contribution in [0.3, 0.4) is 0 Å². The molecule has 1 fully saturated rings. The third-order valence-corrected chi connectivity index (χ3v) is 5.30. The van der Waals surface area contributed by atoms with E-state index in [1.807, 2.05) is 24.7 Å². The van der Waals surface area contributed by atoms with Crippen molar-refractivity contribution in [1.29, 1.82) is 0 Å². The van der Waals surface area contributed by atoms with E-state index in [4.69, 9.17) is 10.5 Å². The van der Waals surface area contributed by atoms with Gasteiger partial charge in [-0.2, -0.15) is 0 Å². The lowest BCUT2D eigenvalue weighted by Crippen LogP contribution is -2.43. The zero-order valence-electron chi connectivity index (χ0n) is 14.6. The highest BCUT2D eigenvalue weighted by molar-refractivity contribution is 6.08. The number of rotatable bonds is 3. The molecule has 0 atom stereocenters. The van der Waals surface area contributed by atoms with E-state index in [1.165, 1.54) is 21.8 Å². The van der Waals surface area contributed by atoms with Crippen molar-refractivity contribution in [3.63, 3.8) is 0 Å². The molecule has 3 heterocycles. The minimum atomic E-state index is 0.212. The normalized spacial score (nSPS) is 19.6. The maximum atomic E-state index is 5.84. The maximum absolute atomic E-state index is 5.84. The van der Waals surface area contributed by atoms with E-state index >= 15 is 0 Å². The first kappa shape index (κ1) is 15.3. The largest absolute Gasteiger partial charge is 0.474 e. The quantitative estimate of drug-likeness (QED) is 0.616. The van der Waals surface area contributed by atoms with E-state index in [2.05, 4.69) is 51.9 Å². The molecular weight excluding hydrogens is 324 g/mol. The van der Waals surface area contributed by atoms with Gasteiger partial charge in [-0.3, -0.25) is 4.98 Å². The first-order chi connectivity index (χ1) is 12.7. The Balaban J connectivity index is 1.48. The number of benzene rings is 1. The van der Waals surface area contributed by atoms with Gasteiger partial charge in [-0.25, -0.2) is 4.98 Å². The van der Waals surface area contributed by atoms with Crippen LogP contribution in [0.1, 0.15) is 12.8 Å². The monoisotopic (exact) mass is 344 g/mol. The van der Waals surface area contributed by atoms with Crippen LogP contribution in [0.4, 0.5) is 0 Å². The van der Waals surface area contributed by atoms with Gasteiger partial charge in [-0.05, 0) is 36.6 Å². The first-order valence-corrected chi connectivity index (χ1v) is 8.90. The maximum Gasteiger partial charge on any atom is 0.213 e. The molecule has 26 heavy (non-hydrogen) atoms. The third-order valence-electron chi connectivity index (χ3n) is 5.30. The SMILES string of the molecule is Cn1c2ccncc2c2ccc(-c3ccc(OC4CC(N)C4)nc3)cc21. The number of fused-ring (bicyclic) bond motifs is 3. The molecule has 130 valence electrons. The van der Waals surface area contributed by atoms with E-state index < -0.39 is 0 Å². The fraction of sp³-hybridized carbons (Fsp3) is 0.238. The van der Waals surface area contributed by atoms with Crippen molar-refractivity contribution in [3.05, 3.63) is 55.0 Å². The summed E-state index contributed by atoms with van der Waals surface area (Å²) in [5.41, 5.74) is 10.4. The van der Waals surface area contributed by atoms with Gasteiger partial charge in [0, 0.05) is 59.6 Å². The Morgan fingerprint density at radius 2 is 1.85 bits per heavy atom. The van der Waals surface area contributed by atoms with Crippen LogP contribution in [-0.2, 0) is 7.05 Å². The lowest BCUT2D eigenvalue weighted by molar-refractivity contribution is 0.0959. The Kier molecular flexibility index (Phi) is 3.43. The average molecular weight is 344 g/mol. The van der Waals surface area contributed by atoms with Crippen molar-refractivity contribution in [1.82, 2.24) is 14.5 Å². The van der Waals surface area contributed by atoms with Crippen LogP contribution in [0, 0.1) is 0 Å². The van der Waals surface area contributed by atoms with E-state index in [1.54, 1.807) is 0 Å². The summed E-state index contributed by atoms with van der Waals surface area (Å²) in [4.78, 5) is 8.73. The van der Waals surface area contributed by atoms with Crippen LogP contribution in [0.2, 0.25) is 0 Å². The van der Waals surface area contributed by atoms with Gasteiger partial charge in [0.2, 0.25) is 5.88 Å². The second-order valence-corrected chi connectivity index (χ2v) is 7.04. The number of aryl methyl sites for hydroxylation is 1. The van der Waals surface area contributed by atoms with Crippen LogP contribution in [0.5, 0.6) is 5.88 Å². The van der Waals surface area contributed by atoms with Gasteiger partial charge in [0.05, 0.1) is 5.52 Å². The van der Waals surface area contributed by atoms with Crippen molar-refractivity contribution < 1.29 is 4.74 Å². The van der Waals surface area contributed by atoms with E-state index in [0.29, 0.717) is 5.88 Å². The Morgan fingerprint density at radius 3 is 2.62 bits per heavy atom. The van der Waals surface area contributed by atoms with Gasteiger partial charge in [0.25, 0.3) is 0 Å². The second kappa shape index (κ2) is 5.81. The Bertz CT molecular complexity index is 1090. The summed E-state index contributed by atoms with van der Waals surface area (Å²) in [5.74, 6) is 0.669. The molecule has 0 spiro atoms. The summed E-state index contributed by atoms with van der Waals surface area (Å²) in [6.07, 6.45) is 7.67. The third kappa shape index (κ3) is 2.44. The summed E-state index contributed by atoms with van der Waals surface area (Å²) in [5, 5.41) is 2.39. The highest BCUT2D eigenvalue weighted by atomic mass is 16.5. The molecule has 5 nitrogen and oxygen atoms in total.